The third kappa shape index (κ3) is 2.85. The highest BCUT2D eigenvalue weighted by Gasteiger charge is 2.15. The molecule has 2 heterocycles. The maximum Gasteiger partial charge on any atom is 0.146 e. The average Bonchev–Trinajstić information content (AvgIpc) is 2.38. The predicted octanol–water partition coefficient (Wildman–Crippen LogP) is 2.12. The second-order valence-corrected chi connectivity index (χ2v) is 3.78. The number of pyridine rings is 2. The highest BCUT2D eigenvalue weighted by atomic mass is 19.1. The van der Waals surface area contributed by atoms with Gasteiger partial charge in [-0.15, -0.1) is 0 Å². The van der Waals surface area contributed by atoms with Gasteiger partial charge in [0.1, 0.15) is 5.82 Å². The lowest BCUT2D eigenvalue weighted by molar-refractivity contribution is 0.516. The first kappa shape index (κ1) is 11.7. The summed E-state index contributed by atoms with van der Waals surface area (Å²) in [6, 6.07) is 6.72. The highest BCUT2D eigenvalue weighted by Crippen LogP contribution is 2.18. The van der Waals surface area contributed by atoms with Gasteiger partial charge in [-0.05, 0) is 37.2 Å². The van der Waals surface area contributed by atoms with E-state index < -0.39 is 0 Å². The molecule has 0 saturated heterocycles. The maximum atomic E-state index is 13.6. The molecule has 0 aromatic carbocycles. The van der Waals surface area contributed by atoms with Gasteiger partial charge in [0, 0.05) is 18.6 Å². The molecular weight excluding hydrogens is 217 g/mol. The molecule has 0 aliphatic carbocycles. The van der Waals surface area contributed by atoms with E-state index in [0.29, 0.717) is 12.1 Å². The molecular formula is C13H14FN3. The Morgan fingerprint density at radius 1 is 1.29 bits per heavy atom. The first-order chi connectivity index (χ1) is 8.31. The van der Waals surface area contributed by atoms with Crippen LogP contribution >= 0.6 is 0 Å². The lowest BCUT2D eigenvalue weighted by Crippen LogP contribution is -2.21. The molecule has 0 aliphatic rings. The number of hydrogen-bond acceptors (Lipinski definition) is 3. The molecule has 0 spiro atoms. The Labute approximate surface area is 99.7 Å². The summed E-state index contributed by atoms with van der Waals surface area (Å²) < 4.78 is 13.6. The molecule has 17 heavy (non-hydrogen) atoms. The summed E-state index contributed by atoms with van der Waals surface area (Å²) in [7, 11) is 1.80. The van der Waals surface area contributed by atoms with Gasteiger partial charge in [0.05, 0.1) is 11.7 Å². The summed E-state index contributed by atoms with van der Waals surface area (Å²) in [6.07, 6.45) is 5.77. The fourth-order valence-corrected chi connectivity index (χ4v) is 1.74. The minimum Gasteiger partial charge on any atom is -0.311 e. The monoisotopic (exact) mass is 231 g/mol. The molecule has 4 heteroatoms. The van der Waals surface area contributed by atoms with Gasteiger partial charge in [-0.3, -0.25) is 9.97 Å². The Bertz CT molecular complexity index is 473. The van der Waals surface area contributed by atoms with E-state index >= 15 is 0 Å². The molecule has 1 unspecified atom stereocenters. The van der Waals surface area contributed by atoms with Crippen LogP contribution in [0.1, 0.15) is 17.3 Å². The number of nitrogens with zero attached hydrogens (tertiary/aromatic N) is 2. The summed E-state index contributed by atoms with van der Waals surface area (Å²) in [6.45, 7) is 0. The van der Waals surface area contributed by atoms with Gasteiger partial charge in [-0.1, -0.05) is 6.07 Å². The highest BCUT2D eigenvalue weighted by molar-refractivity contribution is 5.17. The number of halogens is 1. The van der Waals surface area contributed by atoms with Crippen molar-refractivity contribution in [2.45, 2.75) is 12.5 Å². The van der Waals surface area contributed by atoms with Crippen LogP contribution in [0.15, 0.2) is 42.9 Å². The summed E-state index contributed by atoms with van der Waals surface area (Å²) in [5, 5.41) is 3.08. The van der Waals surface area contributed by atoms with Crippen LogP contribution in [0.25, 0.3) is 0 Å². The smallest absolute Gasteiger partial charge is 0.146 e. The van der Waals surface area contributed by atoms with Crippen molar-refractivity contribution >= 4 is 0 Å². The normalized spacial score (nSPS) is 12.4. The fourth-order valence-electron chi connectivity index (χ4n) is 1.74. The van der Waals surface area contributed by atoms with E-state index in [9.17, 15) is 4.39 Å². The number of nitrogens with one attached hydrogen (secondary N) is 1. The van der Waals surface area contributed by atoms with Gasteiger partial charge < -0.3 is 5.32 Å². The molecule has 0 fully saturated rings. The summed E-state index contributed by atoms with van der Waals surface area (Å²) in [4.78, 5) is 8.13. The first-order valence-electron chi connectivity index (χ1n) is 5.48. The van der Waals surface area contributed by atoms with E-state index in [4.69, 9.17) is 0 Å². The molecule has 88 valence electrons. The van der Waals surface area contributed by atoms with E-state index in [-0.39, 0.29) is 11.9 Å². The predicted molar refractivity (Wildman–Crippen MR) is 63.9 cm³/mol. The summed E-state index contributed by atoms with van der Waals surface area (Å²) in [5.41, 5.74) is 1.50. The fraction of sp³-hybridized carbons (Fsp3) is 0.231. The zero-order valence-corrected chi connectivity index (χ0v) is 9.60. The maximum absolute atomic E-state index is 13.6. The van der Waals surface area contributed by atoms with E-state index in [2.05, 4.69) is 15.3 Å². The molecule has 2 aromatic heterocycles. The molecule has 1 N–H and O–H groups in total. The molecule has 0 saturated carbocycles. The van der Waals surface area contributed by atoms with Crippen molar-refractivity contribution in [2.24, 2.45) is 0 Å². The second kappa shape index (κ2) is 5.50. The molecule has 2 rings (SSSR count). The van der Waals surface area contributed by atoms with E-state index in [0.717, 1.165) is 5.56 Å². The van der Waals surface area contributed by atoms with Crippen LogP contribution in [0, 0.1) is 5.82 Å². The van der Waals surface area contributed by atoms with E-state index in [1.807, 2.05) is 12.1 Å². The number of aromatic nitrogens is 2. The number of likely N-dealkylation sites (N-methyl/N-ethyl adjacent to an activating group) is 1. The molecule has 3 nitrogen and oxygen atoms in total. The Balaban J connectivity index is 2.21. The van der Waals surface area contributed by atoms with Crippen LogP contribution in [0.4, 0.5) is 4.39 Å². The molecule has 0 bridgehead atoms. The SMILES string of the molecule is CNC(Cc1cccnc1)c1ncccc1F. The summed E-state index contributed by atoms with van der Waals surface area (Å²) in [5.74, 6) is -0.282. The Morgan fingerprint density at radius 2 is 2.12 bits per heavy atom. The molecule has 0 amide bonds. The van der Waals surface area contributed by atoms with Crippen molar-refractivity contribution < 1.29 is 4.39 Å². The van der Waals surface area contributed by atoms with Gasteiger partial charge in [-0.2, -0.15) is 0 Å². The third-order valence-electron chi connectivity index (χ3n) is 2.63. The number of rotatable bonds is 4. The van der Waals surface area contributed by atoms with Crippen LogP contribution in [-0.2, 0) is 6.42 Å². The lowest BCUT2D eigenvalue weighted by Gasteiger charge is -2.15. The number of hydrogen-bond donors (Lipinski definition) is 1. The van der Waals surface area contributed by atoms with Crippen LogP contribution < -0.4 is 5.32 Å². The largest absolute Gasteiger partial charge is 0.311 e. The quantitative estimate of drug-likeness (QED) is 0.875. The minimum absolute atomic E-state index is 0.139. The zero-order valence-electron chi connectivity index (χ0n) is 9.60. The van der Waals surface area contributed by atoms with Crippen molar-refractivity contribution in [2.75, 3.05) is 7.05 Å². The van der Waals surface area contributed by atoms with Crippen LogP contribution in [0.2, 0.25) is 0 Å². The van der Waals surface area contributed by atoms with Crippen molar-refractivity contribution in [3.8, 4) is 0 Å². The minimum atomic E-state index is -0.282. The van der Waals surface area contributed by atoms with Gasteiger partial charge in [0.25, 0.3) is 0 Å². The molecule has 2 aromatic rings. The van der Waals surface area contributed by atoms with Crippen LogP contribution in [-0.4, -0.2) is 17.0 Å². The van der Waals surface area contributed by atoms with Gasteiger partial charge in [0.2, 0.25) is 0 Å². The second-order valence-electron chi connectivity index (χ2n) is 3.78. The standard InChI is InChI=1S/C13H14FN3/c1-15-12(8-10-4-2-6-16-9-10)13-11(14)5-3-7-17-13/h2-7,9,12,15H,8H2,1H3. The van der Waals surface area contributed by atoms with Crippen molar-refractivity contribution in [3.05, 3.63) is 59.9 Å². The van der Waals surface area contributed by atoms with Crippen LogP contribution in [0.5, 0.6) is 0 Å². The van der Waals surface area contributed by atoms with Crippen molar-refractivity contribution in [1.82, 2.24) is 15.3 Å². The third-order valence-corrected chi connectivity index (χ3v) is 2.63. The van der Waals surface area contributed by atoms with Gasteiger partial charge in [-0.25, -0.2) is 4.39 Å². The summed E-state index contributed by atoms with van der Waals surface area (Å²) >= 11 is 0. The van der Waals surface area contributed by atoms with E-state index in [1.165, 1.54) is 6.07 Å². The first-order valence-corrected chi connectivity index (χ1v) is 5.48. The Hall–Kier alpha value is -1.81. The van der Waals surface area contributed by atoms with Crippen molar-refractivity contribution in [3.63, 3.8) is 0 Å². The van der Waals surface area contributed by atoms with Crippen molar-refractivity contribution in [1.29, 1.82) is 0 Å². The molecule has 1 atom stereocenters. The molecule has 0 aliphatic heterocycles. The zero-order chi connectivity index (χ0) is 12.1. The Kier molecular flexibility index (Phi) is 3.77. The van der Waals surface area contributed by atoms with Gasteiger partial charge in [0.15, 0.2) is 0 Å². The average molecular weight is 231 g/mol. The van der Waals surface area contributed by atoms with E-state index in [1.54, 1.807) is 31.7 Å². The van der Waals surface area contributed by atoms with Gasteiger partial charge >= 0.3 is 0 Å². The molecule has 0 radical (unpaired) electrons. The topological polar surface area (TPSA) is 37.8 Å². The lowest BCUT2D eigenvalue weighted by atomic mass is 10.0. The Morgan fingerprint density at radius 3 is 2.76 bits per heavy atom. The van der Waals surface area contributed by atoms with Crippen LogP contribution in [0.3, 0.4) is 0 Å².